The number of aryl methyl sites for hydroxylation is 1. The summed E-state index contributed by atoms with van der Waals surface area (Å²) in [7, 11) is 0. The second-order valence-electron chi connectivity index (χ2n) is 10.1. The summed E-state index contributed by atoms with van der Waals surface area (Å²) in [6.07, 6.45) is 14.8. The van der Waals surface area contributed by atoms with Crippen molar-refractivity contribution in [3.05, 3.63) is 35.1 Å². The first-order valence-corrected chi connectivity index (χ1v) is 13.8. The Hall–Kier alpha value is -1.11. The van der Waals surface area contributed by atoms with Gasteiger partial charge in [-0.3, -0.25) is 0 Å². The number of halogens is 3. The molecule has 0 aromatic heterocycles. The predicted octanol–water partition coefficient (Wildman–Crippen LogP) is 9.26. The molecular weight excluding hydrogens is 453 g/mol. The van der Waals surface area contributed by atoms with E-state index < -0.39 is 23.9 Å². The number of unbranched alkanes of at least 4 members (excludes halogenated alkanes) is 9. The molecule has 204 valence electrons. The molecule has 0 amide bonds. The van der Waals surface area contributed by atoms with E-state index in [0.29, 0.717) is 12.5 Å². The van der Waals surface area contributed by atoms with Crippen LogP contribution in [0.25, 0.3) is 0 Å². The van der Waals surface area contributed by atoms with Gasteiger partial charge in [-0.15, -0.1) is 0 Å². The smallest absolute Gasteiger partial charge is 0.272 e. The monoisotopic (exact) mass is 502 g/mol. The van der Waals surface area contributed by atoms with Crippen LogP contribution in [0.1, 0.15) is 124 Å². The van der Waals surface area contributed by atoms with Gasteiger partial charge in [-0.1, -0.05) is 71.1 Å². The van der Waals surface area contributed by atoms with Crippen LogP contribution in [0.4, 0.5) is 13.2 Å². The highest BCUT2D eigenvalue weighted by Crippen LogP contribution is 2.21. The van der Waals surface area contributed by atoms with Crippen LogP contribution in [0, 0.1) is 17.5 Å². The first-order valence-electron chi connectivity index (χ1n) is 13.8. The fourth-order valence-corrected chi connectivity index (χ4v) is 4.10. The molecule has 0 saturated heterocycles. The second kappa shape index (κ2) is 19.1. The summed E-state index contributed by atoms with van der Waals surface area (Å²) in [5.41, 5.74) is 0.239. The largest absolute Gasteiger partial charge is 0.327 e. The third-order valence-electron chi connectivity index (χ3n) is 6.01. The number of benzene rings is 1. The molecule has 0 N–H and O–H groups in total. The minimum Gasteiger partial charge on any atom is -0.327 e. The molecule has 0 radical (unpaired) electrons. The molecule has 6 heteroatoms. The zero-order valence-electron chi connectivity index (χ0n) is 22.7. The Morgan fingerprint density at radius 2 is 1.09 bits per heavy atom. The molecule has 1 aromatic rings. The highest BCUT2D eigenvalue weighted by Gasteiger charge is 2.20. The van der Waals surface area contributed by atoms with Gasteiger partial charge in [0.1, 0.15) is 5.82 Å². The van der Waals surface area contributed by atoms with Crippen LogP contribution in [-0.2, 0) is 20.6 Å². The van der Waals surface area contributed by atoms with Gasteiger partial charge in [0.25, 0.3) is 6.48 Å². The minimum atomic E-state index is -1.14. The number of hydrogen-bond donors (Lipinski definition) is 0. The van der Waals surface area contributed by atoms with Crippen LogP contribution in [0.15, 0.2) is 12.1 Å². The molecule has 0 heterocycles. The molecule has 0 bridgehead atoms. The molecule has 0 spiro atoms. The van der Waals surface area contributed by atoms with Gasteiger partial charge >= 0.3 is 0 Å². The Bertz CT molecular complexity index is 657. The van der Waals surface area contributed by atoms with E-state index in [4.69, 9.17) is 14.2 Å². The number of ether oxygens (including phenoxy) is 3. The van der Waals surface area contributed by atoms with Crippen LogP contribution in [0.3, 0.4) is 0 Å². The van der Waals surface area contributed by atoms with Crippen molar-refractivity contribution in [1.29, 1.82) is 0 Å². The topological polar surface area (TPSA) is 27.7 Å². The Kier molecular flexibility index (Phi) is 17.4. The number of rotatable bonds is 21. The molecule has 1 unspecified atom stereocenters. The zero-order valence-corrected chi connectivity index (χ0v) is 22.7. The summed E-state index contributed by atoms with van der Waals surface area (Å²) < 4.78 is 58.2. The van der Waals surface area contributed by atoms with Crippen molar-refractivity contribution in [1.82, 2.24) is 0 Å². The average molecular weight is 503 g/mol. The standard InChI is InChI=1S/C29H49F3O3/c1-6-7-8-9-10-11-15-18-25(35-29(33-22(2)3)34-23(4)5)19-16-13-12-14-17-24-20-27(31)28(32)21-26(24)30/h20-23,25,29H,6-19H2,1-5H3. The van der Waals surface area contributed by atoms with Crippen molar-refractivity contribution in [2.45, 2.75) is 149 Å². The lowest BCUT2D eigenvalue weighted by Crippen LogP contribution is -2.31. The normalized spacial score (nSPS) is 12.9. The molecule has 3 nitrogen and oxygen atoms in total. The molecule has 0 aliphatic carbocycles. The lowest BCUT2D eigenvalue weighted by atomic mass is 10.0. The lowest BCUT2D eigenvalue weighted by molar-refractivity contribution is -0.327. The van der Waals surface area contributed by atoms with Gasteiger partial charge in [-0.25, -0.2) is 13.2 Å². The average Bonchev–Trinajstić information content (AvgIpc) is 2.77. The van der Waals surface area contributed by atoms with E-state index >= 15 is 0 Å². The first-order chi connectivity index (χ1) is 16.7. The summed E-state index contributed by atoms with van der Waals surface area (Å²) in [5.74, 6) is -2.80. The molecule has 35 heavy (non-hydrogen) atoms. The Morgan fingerprint density at radius 1 is 0.600 bits per heavy atom. The summed E-state index contributed by atoms with van der Waals surface area (Å²) in [6, 6.07) is 1.60. The molecule has 0 aliphatic heterocycles. The fourth-order valence-electron chi connectivity index (χ4n) is 4.10. The van der Waals surface area contributed by atoms with Gasteiger partial charge in [0.05, 0.1) is 18.3 Å². The van der Waals surface area contributed by atoms with Gasteiger partial charge in [-0.2, -0.15) is 0 Å². The van der Waals surface area contributed by atoms with Gasteiger partial charge in [0, 0.05) is 6.07 Å². The van der Waals surface area contributed by atoms with Crippen molar-refractivity contribution in [3.63, 3.8) is 0 Å². The lowest BCUT2D eigenvalue weighted by Gasteiger charge is -2.27. The van der Waals surface area contributed by atoms with Gasteiger partial charge in [-0.05, 0) is 65.0 Å². The third-order valence-corrected chi connectivity index (χ3v) is 6.01. The minimum absolute atomic E-state index is 0.00894. The van der Waals surface area contributed by atoms with Crippen molar-refractivity contribution in [3.8, 4) is 0 Å². The SMILES string of the molecule is CCCCCCCCCC(CCCCCCc1cc(F)c(F)cc1F)OC(OC(C)C)OC(C)C. The highest BCUT2D eigenvalue weighted by atomic mass is 19.2. The van der Waals surface area contributed by atoms with Crippen molar-refractivity contribution < 1.29 is 27.4 Å². The van der Waals surface area contributed by atoms with Crippen LogP contribution >= 0.6 is 0 Å². The van der Waals surface area contributed by atoms with Crippen LogP contribution in [-0.4, -0.2) is 24.8 Å². The van der Waals surface area contributed by atoms with Gasteiger partial charge in [0.2, 0.25) is 0 Å². The maximum absolute atomic E-state index is 13.8. The Labute approximate surface area is 212 Å². The Morgan fingerprint density at radius 3 is 1.63 bits per heavy atom. The van der Waals surface area contributed by atoms with E-state index in [2.05, 4.69) is 6.92 Å². The van der Waals surface area contributed by atoms with Crippen molar-refractivity contribution >= 4 is 0 Å². The third kappa shape index (κ3) is 15.6. The maximum atomic E-state index is 13.8. The summed E-state index contributed by atoms with van der Waals surface area (Å²) in [6.45, 7) is 9.46. The first kappa shape index (κ1) is 31.9. The molecule has 1 aromatic carbocycles. The van der Waals surface area contributed by atoms with Crippen LogP contribution in [0.2, 0.25) is 0 Å². The second-order valence-corrected chi connectivity index (χ2v) is 10.1. The van der Waals surface area contributed by atoms with E-state index in [1.807, 2.05) is 27.7 Å². The molecule has 1 rings (SSSR count). The van der Waals surface area contributed by atoms with Gasteiger partial charge in [0.15, 0.2) is 11.6 Å². The van der Waals surface area contributed by atoms with E-state index in [1.165, 1.54) is 38.5 Å². The van der Waals surface area contributed by atoms with E-state index in [9.17, 15) is 13.2 Å². The van der Waals surface area contributed by atoms with Crippen LogP contribution < -0.4 is 0 Å². The molecule has 0 fully saturated rings. The van der Waals surface area contributed by atoms with Crippen molar-refractivity contribution in [2.24, 2.45) is 0 Å². The highest BCUT2D eigenvalue weighted by molar-refractivity contribution is 5.20. The molecule has 0 aliphatic rings. The summed E-state index contributed by atoms with van der Waals surface area (Å²) in [5, 5.41) is 0. The van der Waals surface area contributed by atoms with E-state index in [-0.39, 0.29) is 23.9 Å². The Balaban J connectivity index is 2.46. The maximum Gasteiger partial charge on any atom is 0.272 e. The quantitative estimate of drug-likeness (QED) is 0.0952. The van der Waals surface area contributed by atoms with Crippen molar-refractivity contribution in [2.75, 3.05) is 0 Å². The molecule has 0 saturated carbocycles. The van der Waals surface area contributed by atoms with E-state index in [1.54, 1.807) is 0 Å². The fraction of sp³-hybridized carbons (Fsp3) is 0.793. The summed E-state index contributed by atoms with van der Waals surface area (Å²) in [4.78, 5) is 0. The van der Waals surface area contributed by atoms with E-state index in [0.717, 1.165) is 51.0 Å². The zero-order chi connectivity index (χ0) is 26.1. The predicted molar refractivity (Wildman–Crippen MR) is 137 cm³/mol. The summed E-state index contributed by atoms with van der Waals surface area (Å²) >= 11 is 0. The number of hydrogen-bond acceptors (Lipinski definition) is 3. The van der Waals surface area contributed by atoms with Crippen LogP contribution in [0.5, 0.6) is 0 Å². The molecular formula is C29H49F3O3. The molecule has 1 atom stereocenters. The van der Waals surface area contributed by atoms with Gasteiger partial charge < -0.3 is 14.2 Å².